The van der Waals surface area contributed by atoms with Gasteiger partial charge in [-0.25, -0.2) is 4.79 Å². The Kier molecular flexibility index (Phi) is 9.34. The summed E-state index contributed by atoms with van der Waals surface area (Å²) >= 11 is 3.07. The Morgan fingerprint density at radius 3 is 1.43 bits per heavy atom. The lowest BCUT2D eigenvalue weighted by molar-refractivity contribution is -0.0374. The highest BCUT2D eigenvalue weighted by Crippen LogP contribution is 2.27. The predicted molar refractivity (Wildman–Crippen MR) is 161 cm³/mol. The topological polar surface area (TPSA) is 64.0 Å². The number of amides is 2. The van der Waals surface area contributed by atoms with Gasteiger partial charge >= 0.3 is 6.03 Å². The maximum absolute atomic E-state index is 14.3. The summed E-state index contributed by atoms with van der Waals surface area (Å²) < 4.78 is 0. The Morgan fingerprint density at radius 1 is 0.625 bits per heavy atom. The highest BCUT2D eigenvalue weighted by Gasteiger charge is 2.45. The van der Waals surface area contributed by atoms with Crippen molar-refractivity contribution in [2.24, 2.45) is 0 Å². The molecule has 0 unspecified atom stereocenters. The molecule has 4 atom stereocenters. The fraction of sp³-hybridized carbons (Fsp3) is 0.242. The number of carbonyl (C=O) groups excluding carboxylic acids is 1. The Morgan fingerprint density at radius 2 is 1.05 bits per heavy atom. The first-order valence-electron chi connectivity index (χ1n) is 13.2. The molecule has 1 fully saturated rings. The summed E-state index contributed by atoms with van der Waals surface area (Å²) in [5, 5.41) is 27.2. The smallest absolute Gasteiger partial charge is 0.322 e. The summed E-state index contributed by atoms with van der Waals surface area (Å²) in [6, 6.07) is 25.6. The van der Waals surface area contributed by atoms with E-state index in [1.54, 1.807) is 9.80 Å². The number of nitrogens with zero attached hydrogens (tertiary/aromatic N) is 2. The number of aliphatic hydroxyl groups excluding tert-OH is 2. The molecule has 202 valence electrons. The normalized spacial score (nSPS) is 20.7. The largest absolute Gasteiger partial charge is 0.388 e. The van der Waals surface area contributed by atoms with Crippen molar-refractivity contribution in [3.05, 3.63) is 117 Å². The number of hydrogen-bond acceptors (Lipinski definition) is 5. The summed E-state index contributed by atoms with van der Waals surface area (Å²) in [6.45, 7) is 0.232. The molecule has 1 aliphatic heterocycles. The van der Waals surface area contributed by atoms with Crippen LogP contribution >= 0.6 is 22.7 Å². The number of hydrogen-bond donors (Lipinski definition) is 2. The second kappa shape index (κ2) is 13.5. The first-order chi connectivity index (χ1) is 19.6. The van der Waals surface area contributed by atoms with Crippen molar-refractivity contribution in [3.8, 4) is 23.7 Å². The van der Waals surface area contributed by atoms with Crippen molar-refractivity contribution < 1.29 is 15.0 Å². The Labute approximate surface area is 243 Å². The zero-order valence-electron chi connectivity index (χ0n) is 21.9. The molecule has 0 aliphatic carbocycles. The van der Waals surface area contributed by atoms with Gasteiger partial charge < -0.3 is 20.0 Å². The number of aliphatic hydroxyl groups is 2. The van der Waals surface area contributed by atoms with Gasteiger partial charge in [0.25, 0.3) is 0 Å². The molecule has 2 aromatic heterocycles. The van der Waals surface area contributed by atoms with Crippen LogP contribution in [0.5, 0.6) is 0 Å². The summed E-state index contributed by atoms with van der Waals surface area (Å²) in [5.41, 5.74) is 1.93. The molecule has 40 heavy (non-hydrogen) atoms. The van der Waals surface area contributed by atoms with E-state index in [1.165, 1.54) is 22.7 Å². The van der Waals surface area contributed by atoms with Crippen LogP contribution in [-0.2, 0) is 12.8 Å². The highest BCUT2D eigenvalue weighted by molar-refractivity contribution is 7.10. The van der Waals surface area contributed by atoms with Crippen LogP contribution in [0, 0.1) is 23.7 Å². The van der Waals surface area contributed by atoms with Gasteiger partial charge in [-0.3, -0.25) is 0 Å². The van der Waals surface area contributed by atoms with Gasteiger partial charge in [0.1, 0.15) is 12.2 Å². The average Bonchev–Trinajstić information content (AvgIpc) is 3.70. The van der Waals surface area contributed by atoms with Crippen LogP contribution in [0.25, 0.3) is 0 Å². The minimum Gasteiger partial charge on any atom is -0.388 e. The molecule has 0 radical (unpaired) electrons. The van der Waals surface area contributed by atoms with Gasteiger partial charge in [0.2, 0.25) is 0 Å². The van der Waals surface area contributed by atoms with Crippen molar-refractivity contribution >= 4 is 28.7 Å². The quantitative estimate of drug-likeness (QED) is 0.327. The van der Waals surface area contributed by atoms with Crippen LogP contribution in [0.15, 0.2) is 95.7 Å². The lowest BCUT2D eigenvalue weighted by Crippen LogP contribution is -2.51. The van der Waals surface area contributed by atoms with Crippen LogP contribution in [0.4, 0.5) is 4.79 Å². The molecule has 5 nitrogen and oxygen atoms in total. The van der Waals surface area contributed by atoms with E-state index in [1.807, 2.05) is 95.7 Å². The van der Waals surface area contributed by atoms with Crippen molar-refractivity contribution in [2.75, 3.05) is 13.1 Å². The van der Waals surface area contributed by atoms with Gasteiger partial charge in [0.15, 0.2) is 0 Å². The van der Waals surface area contributed by atoms with E-state index in [2.05, 4.69) is 23.7 Å². The van der Waals surface area contributed by atoms with Gasteiger partial charge in [0, 0.05) is 0 Å². The molecule has 0 bridgehead atoms. The fourth-order valence-corrected chi connectivity index (χ4v) is 6.12. The molecule has 0 saturated carbocycles. The summed E-state index contributed by atoms with van der Waals surface area (Å²) in [7, 11) is 0. The monoisotopic (exact) mass is 566 g/mol. The zero-order chi connectivity index (χ0) is 27.7. The SMILES string of the molecule is O=C1N(CC#Cc2cccs2)[C@H](Cc2ccccc2)[C@H](O)[C@@H](O)[C@@H](Cc2ccccc2)N1CC#Cc1cccs1. The van der Waals surface area contributed by atoms with Crippen molar-refractivity contribution in [1.29, 1.82) is 0 Å². The molecule has 0 spiro atoms. The third kappa shape index (κ3) is 6.83. The van der Waals surface area contributed by atoms with Crippen molar-refractivity contribution in [2.45, 2.75) is 37.1 Å². The Balaban J connectivity index is 1.52. The molecule has 2 amide bonds. The van der Waals surface area contributed by atoms with E-state index in [4.69, 9.17) is 0 Å². The maximum atomic E-state index is 14.3. The maximum Gasteiger partial charge on any atom is 0.322 e. The van der Waals surface area contributed by atoms with Gasteiger partial charge in [0.05, 0.1) is 34.9 Å². The van der Waals surface area contributed by atoms with Crippen LogP contribution in [-0.4, -0.2) is 63.4 Å². The Hall–Kier alpha value is -3.85. The van der Waals surface area contributed by atoms with E-state index in [9.17, 15) is 15.0 Å². The minimum absolute atomic E-state index is 0.116. The second-order valence-corrected chi connectivity index (χ2v) is 11.5. The van der Waals surface area contributed by atoms with Gasteiger partial charge in [-0.05, 0) is 46.9 Å². The molecule has 1 saturated heterocycles. The summed E-state index contributed by atoms with van der Waals surface area (Å²) in [6.07, 6.45) is -1.59. The van der Waals surface area contributed by atoms with Crippen LogP contribution in [0.2, 0.25) is 0 Å². The number of carbonyl (C=O) groups is 1. The zero-order valence-corrected chi connectivity index (χ0v) is 23.5. The molecule has 7 heteroatoms. The molecule has 1 aliphatic rings. The first-order valence-corrected chi connectivity index (χ1v) is 14.9. The number of benzene rings is 2. The second-order valence-electron chi connectivity index (χ2n) is 9.59. The van der Waals surface area contributed by atoms with E-state index < -0.39 is 24.3 Å². The number of rotatable bonds is 6. The van der Waals surface area contributed by atoms with Crippen molar-refractivity contribution in [3.63, 3.8) is 0 Å². The molecule has 3 heterocycles. The summed E-state index contributed by atoms with van der Waals surface area (Å²) in [5.74, 6) is 12.6. The van der Waals surface area contributed by atoms with Gasteiger partial charge in [-0.1, -0.05) is 96.5 Å². The summed E-state index contributed by atoms with van der Waals surface area (Å²) in [4.78, 5) is 19.4. The van der Waals surface area contributed by atoms with Crippen LogP contribution < -0.4 is 0 Å². The van der Waals surface area contributed by atoms with Crippen molar-refractivity contribution in [1.82, 2.24) is 9.80 Å². The molecular formula is C33H30N2O3S2. The minimum atomic E-state index is -1.18. The number of urea groups is 1. The third-order valence-corrected chi connectivity index (χ3v) is 8.54. The van der Waals surface area contributed by atoms with E-state index in [0.29, 0.717) is 12.8 Å². The predicted octanol–water partition coefficient (Wildman–Crippen LogP) is 4.89. The molecule has 5 rings (SSSR count). The van der Waals surface area contributed by atoms with E-state index in [0.717, 1.165) is 20.9 Å². The lowest BCUT2D eigenvalue weighted by Gasteiger charge is -2.33. The van der Waals surface area contributed by atoms with E-state index in [-0.39, 0.29) is 19.1 Å². The molecular weight excluding hydrogens is 537 g/mol. The highest BCUT2D eigenvalue weighted by atomic mass is 32.1. The lowest BCUT2D eigenvalue weighted by atomic mass is 9.91. The van der Waals surface area contributed by atoms with E-state index >= 15 is 0 Å². The van der Waals surface area contributed by atoms with Gasteiger partial charge in [-0.15, -0.1) is 22.7 Å². The first kappa shape index (κ1) is 27.7. The average molecular weight is 567 g/mol. The Bertz CT molecular complexity index is 1370. The third-order valence-electron chi connectivity index (χ3n) is 6.97. The van der Waals surface area contributed by atoms with Crippen LogP contribution in [0.3, 0.4) is 0 Å². The molecule has 4 aromatic rings. The molecule has 2 N–H and O–H groups in total. The fourth-order valence-electron chi connectivity index (χ4n) is 4.94. The van der Waals surface area contributed by atoms with Gasteiger partial charge in [-0.2, -0.15) is 0 Å². The number of thiophene rings is 2. The van der Waals surface area contributed by atoms with Crippen LogP contribution in [0.1, 0.15) is 20.9 Å². The molecule has 2 aromatic carbocycles. The standard InChI is InChI=1S/C33H30N2O3S2/c36-31-29(23-25-11-3-1-4-12-25)34(19-7-15-27-17-9-21-39-27)33(38)35(20-8-16-28-18-10-22-40-28)30(32(31)37)24-26-13-5-2-6-14-26/h1-6,9-14,17-18,21-22,29-32,36-37H,19-20,23-24H2/t29-,30-,31+,32+/m1/s1.